The number of hydrogen-bond acceptors (Lipinski definition) is 2. The third-order valence-electron chi connectivity index (χ3n) is 2.07. The average Bonchev–Trinajstić information content (AvgIpc) is 2.17. The van der Waals surface area contributed by atoms with Gasteiger partial charge >= 0.3 is 0 Å². The van der Waals surface area contributed by atoms with Crippen molar-refractivity contribution in [2.45, 2.75) is 19.1 Å². The lowest BCUT2D eigenvalue weighted by atomic mass is 10.0. The Morgan fingerprint density at radius 1 is 1.23 bits per heavy atom. The van der Waals surface area contributed by atoms with Gasteiger partial charge in [-0.2, -0.15) is 0 Å². The van der Waals surface area contributed by atoms with Gasteiger partial charge in [-0.3, -0.25) is 0 Å². The molecule has 4 N–H and O–H groups in total. The minimum absolute atomic E-state index is 0. The van der Waals surface area contributed by atoms with Gasteiger partial charge in [0.25, 0.3) is 0 Å². The van der Waals surface area contributed by atoms with Crippen LogP contribution in [0.5, 0.6) is 0 Å². The van der Waals surface area contributed by atoms with Crippen LogP contribution in [-0.2, 0) is 0 Å². The van der Waals surface area contributed by atoms with Crippen LogP contribution in [0.3, 0.4) is 0 Å². The normalized spacial score (nSPS) is 14.4. The summed E-state index contributed by atoms with van der Waals surface area (Å²) in [5.41, 5.74) is 0.958. The van der Waals surface area contributed by atoms with Gasteiger partial charge < -0.3 is 15.9 Å². The van der Waals surface area contributed by atoms with Crippen molar-refractivity contribution in [1.29, 1.82) is 0 Å². The molecule has 0 saturated carbocycles. The molecule has 0 aliphatic rings. The number of aliphatic hydroxyl groups is 1. The molecule has 0 aliphatic heterocycles. The second-order valence-electron chi connectivity index (χ2n) is 2.93. The van der Waals surface area contributed by atoms with E-state index in [1.54, 1.807) is 0 Å². The van der Waals surface area contributed by atoms with Gasteiger partial charge in [-0.05, 0) is 19.5 Å². The van der Waals surface area contributed by atoms with Crippen LogP contribution in [0.25, 0.3) is 0 Å². The van der Waals surface area contributed by atoms with Gasteiger partial charge in [0.15, 0.2) is 0 Å². The van der Waals surface area contributed by atoms with E-state index in [1.165, 1.54) is 0 Å². The largest absolute Gasteiger partial charge is 0.412 e. The summed E-state index contributed by atoms with van der Waals surface area (Å²) in [6, 6.07) is 9.76. The Hall–Kier alpha value is -0.900. The maximum absolute atomic E-state index is 9.73. The van der Waals surface area contributed by atoms with Crippen molar-refractivity contribution in [3.63, 3.8) is 0 Å². The second kappa shape index (κ2) is 5.70. The van der Waals surface area contributed by atoms with E-state index in [0.717, 1.165) is 5.56 Å². The third kappa shape index (κ3) is 3.14. The molecule has 13 heavy (non-hydrogen) atoms. The number of aliphatic hydroxyl groups excluding tert-OH is 1. The molecule has 0 radical (unpaired) electrons. The zero-order valence-corrected chi connectivity index (χ0v) is 7.99. The summed E-state index contributed by atoms with van der Waals surface area (Å²) in [7, 11) is 1.84. The Morgan fingerprint density at radius 2 is 1.77 bits per heavy atom. The molecule has 3 nitrogen and oxygen atoms in total. The summed E-state index contributed by atoms with van der Waals surface area (Å²) < 4.78 is 0. The van der Waals surface area contributed by atoms with Gasteiger partial charge in [0.05, 0.1) is 6.10 Å². The van der Waals surface area contributed by atoms with Crippen LogP contribution in [0.2, 0.25) is 0 Å². The van der Waals surface area contributed by atoms with Gasteiger partial charge in [-0.25, -0.2) is 0 Å². The van der Waals surface area contributed by atoms with E-state index in [2.05, 4.69) is 5.32 Å². The fourth-order valence-corrected chi connectivity index (χ4v) is 1.10. The molecule has 74 valence electrons. The van der Waals surface area contributed by atoms with Crippen molar-refractivity contribution >= 4 is 0 Å². The van der Waals surface area contributed by atoms with Crippen LogP contribution < -0.4 is 5.32 Å². The SMILES string of the molecule is CN[C@@H](C)[C@H](O)c1ccccc1.O. The first-order chi connectivity index (χ1) is 5.75. The molecule has 2 atom stereocenters. The third-order valence-corrected chi connectivity index (χ3v) is 2.07. The Labute approximate surface area is 78.7 Å². The molecule has 0 unspecified atom stereocenters. The number of hydrogen-bond donors (Lipinski definition) is 2. The van der Waals surface area contributed by atoms with E-state index in [-0.39, 0.29) is 11.5 Å². The van der Waals surface area contributed by atoms with Crippen LogP contribution in [0, 0.1) is 0 Å². The first kappa shape index (κ1) is 12.1. The van der Waals surface area contributed by atoms with Gasteiger partial charge in [0, 0.05) is 6.04 Å². The average molecular weight is 183 g/mol. The minimum atomic E-state index is -0.420. The summed E-state index contributed by atoms with van der Waals surface area (Å²) in [5.74, 6) is 0. The molecular weight excluding hydrogens is 166 g/mol. The molecule has 0 aliphatic carbocycles. The Kier molecular flexibility index (Phi) is 5.30. The van der Waals surface area contributed by atoms with Crippen LogP contribution in [-0.4, -0.2) is 23.7 Å². The maximum atomic E-state index is 9.73. The van der Waals surface area contributed by atoms with E-state index < -0.39 is 6.10 Å². The molecule has 0 fully saturated rings. The topological polar surface area (TPSA) is 63.8 Å². The Morgan fingerprint density at radius 3 is 2.23 bits per heavy atom. The van der Waals surface area contributed by atoms with Crippen LogP contribution in [0.4, 0.5) is 0 Å². The molecule has 0 bridgehead atoms. The molecule has 1 aromatic rings. The second-order valence-corrected chi connectivity index (χ2v) is 2.93. The van der Waals surface area contributed by atoms with Crippen LogP contribution >= 0.6 is 0 Å². The van der Waals surface area contributed by atoms with Crippen molar-refractivity contribution in [2.75, 3.05) is 7.05 Å². The summed E-state index contributed by atoms with van der Waals surface area (Å²) in [5, 5.41) is 12.7. The molecule has 0 aromatic heterocycles. The zero-order valence-electron chi connectivity index (χ0n) is 7.99. The predicted molar refractivity (Wildman–Crippen MR) is 53.5 cm³/mol. The quantitative estimate of drug-likeness (QED) is 0.717. The summed E-state index contributed by atoms with van der Waals surface area (Å²) in [6.07, 6.45) is -0.420. The van der Waals surface area contributed by atoms with Crippen molar-refractivity contribution in [2.24, 2.45) is 0 Å². The highest BCUT2D eigenvalue weighted by atomic mass is 16.3. The number of likely N-dealkylation sites (N-methyl/N-ethyl adjacent to an activating group) is 1. The highest BCUT2D eigenvalue weighted by Gasteiger charge is 2.12. The molecule has 0 saturated heterocycles. The predicted octanol–water partition coefficient (Wildman–Crippen LogP) is 0.503. The molecule has 0 spiro atoms. The first-order valence-corrected chi connectivity index (χ1v) is 4.16. The van der Waals surface area contributed by atoms with Gasteiger partial charge in [-0.1, -0.05) is 30.3 Å². The van der Waals surface area contributed by atoms with Crippen LogP contribution in [0.15, 0.2) is 30.3 Å². The zero-order chi connectivity index (χ0) is 8.97. The Balaban J connectivity index is 0.00000144. The van der Waals surface area contributed by atoms with Crippen molar-refractivity contribution in [3.8, 4) is 0 Å². The first-order valence-electron chi connectivity index (χ1n) is 4.16. The molecule has 1 aromatic carbocycles. The lowest BCUT2D eigenvalue weighted by molar-refractivity contribution is 0.140. The van der Waals surface area contributed by atoms with E-state index in [4.69, 9.17) is 0 Å². The van der Waals surface area contributed by atoms with Crippen LogP contribution in [0.1, 0.15) is 18.6 Å². The number of benzene rings is 1. The molecule has 3 heteroatoms. The highest BCUT2D eigenvalue weighted by molar-refractivity contribution is 5.18. The van der Waals surface area contributed by atoms with E-state index in [0.29, 0.717) is 0 Å². The number of rotatable bonds is 3. The lowest BCUT2D eigenvalue weighted by Crippen LogP contribution is -2.28. The molecule has 1 rings (SSSR count). The van der Waals surface area contributed by atoms with Crippen molar-refractivity contribution in [1.82, 2.24) is 5.32 Å². The smallest absolute Gasteiger partial charge is 0.0940 e. The summed E-state index contributed by atoms with van der Waals surface area (Å²) >= 11 is 0. The monoisotopic (exact) mass is 183 g/mol. The number of nitrogens with one attached hydrogen (secondary N) is 1. The van der Waals surface area contributed by atoms with Crippen molar-refractivity contribution in [3.05, 3.63) is 35.9 Å². The van der Waals surface area contributed by atoms with Gasteiger partial charge in [0.2, 0.25) is 0 Å². The van der Waals surface area contributed by atoms with Gasteiger partial charge in [-0.15, -0.1) is 0 Å². The van der Waals surface area contributed by atoms with Gasteiger partial charge in [0.1, 0.15) is 0 Å². The molecule has 0 amide bonds. The van der Waals surface area contributed by atoms with Crippen molar-refractivity contribution < 1.29 is 10.6 Å². The lowest BCUT2D eigenvalue weighted by Gasteiger charge is -2.17. The fourth-order valence-electron chi connectivity index (χ4n) is 1.10. The fraction of sp³-hybridized carbons (Fsp3) is 0.400. The van der Waals surface area contributed by atoms with E-state index in [9.17, 15) is 5.11 Å². The van der Waals surface area contributed by atoms with E-state index >= 15 is 0 Å². The maximum Gasteiger partial charge on any atom is 0.0940 e. The Bertz CT molecular complexity index is 226. The summed E-state index contributed by atoms with van der Waals surface area (Å²) in [6.45, 7) is 1.96. The minimum Gasteiger partial charge on any atom is -0.412 e. The standard InChI is InChI=1S/C10H15NO.H2O/c1-8(11-2)10(12)9-6-4-3-5-7-9;/h3-8,10-12H,1-2H3;1H2/t8-,10-;/m0./s1. The van der Waals surface area contributed by atoms with E-state index in [1.807, 2.05) is 44.3 Å². The highest BCUT2D eigenvalue weighted by Crippen LogP contribution is 2.15. The summed E-state index contributed by atoms with van der Waals surface area (Å²) in [4.78, 5) is 0. The molecule has 0 heterocycles. The molecular formula is C10H17NO2.